The second kappa shape index (κ2) is 12.6. The summed E-state index contributed by atoms with van der Waals surface area (Å²) in [5, 5.41) is 21.3. The lowest BCUT2D eigenvalue weighted by Crippen LogP contribution is -2.39. The second-order valence-corrected chi connectivity index (χ2v) is 7.09. The molecule has 30 heavy (non-hydrogen) atoms. The van der Waals surface area contributed by atoms with Crippen LogP contribution in [0, 0.1) is 0 Å². The Hall–Kier alpha value is -2.01. The zero-order valence-electron chi connectivity index (χ0n) is 18.4. The van der Waals surface area contributed by atoms with Crippen molar-refractivity contribution in [3.05, 3.63) is 41.7 Å². The number of methoxy groups -OCH3 is 2. The fourth-order valence-electron chi connectivity index (χ4n) is 2.90. The molecular formula is C21H34IN5O3. The van der Waals surface area contributed by atoms with Crippen LogP contribution >= 0.6 is 24.0 Å². The van der Waals surface area contributed by atoms with E-state index in [4.69, 9.17) is 9.47 Å². The van der Waals surface area contributed by atoms with E-state index < -0.39 is 5.60 Å². The highest BCUT2D eigenvalue weighted by atomic mass is 127. The summed E-state index contributed by atoms with van der Waals surface area (Å²) in [6.45, 7) is 5.50. The summed E-state index contributed by atoms with van der Waals surface area (Å²) in [4.78, 5) is 4.54. The molecule has 1 aromatic carbocycles. The smallest absolute Gasteiger partial charge is 0.191 e. The van der Waals surface area contributed by atoms with Gasteiger partial charge in [-0.15, -0.1) is 24.0 Å². The Labute approximate surface area is 196 Å². The molecule has 1 atom stereocenters. The number of aromatic nitrogens is 2. The molecule has 8 nitrogen and oxygen atoms in total. The Kier molecular flexibility index (Phi) is 11.0. The molecule has 0 radical (unpaired) electrons. The molecule has 0 bridgehead atoms. The van der Waals surface area contributed by atoms with E-state index in [-0.39, 0.29) is 30.5 Å². The first-order valence-electron chi connectivity index (χ1n) is 9.84. The van der Waals surface area contributed by atoms with Crippen LogP contribution in [-0.4, -0.2) is 54.7 Å². The molecule has 3 N–H and O–H groups in total. The number of guanidine groups is 1. The first kappa shape index (κ1) is 26.0. The number of aliphatic hydroxyl groups is 1. The number of ether oxygens (including phenoxy) is 2. The molecule has 0 saturated heterocycles. The van der Waals surface area contributed by atoms with Gasteiger partial charge in [0.15, 0.2) is 17.5 Å². The average Bonchev–Trinajstić information content (AvgIpc) is 3.16. The van der Waals surface area contributed by atoms with E-state index in [1.54, 1.807) is 38.2 Å². The monoisotopic (exact) mass is 531 g/mol. The van der Waals surface area contributed by atoms with Crippen LogP contribution < -0.4 is 20.1 Å². The summed E-state index contributed by atoms with van der Waals surface area (Å²) in [5.41, 5.74) is 0.856. The molecule has 2 rings (SSSR count). The highest BCUT2D eigenvalue weighted by molar-refractivity contribution is 14.0. The minimum Gasteiger partial charge on any atom is -0.493 e. The van der Waals surface area contributed by atoms with Gasteiger partial charge in [-0.1, -0.05) is 6.07 Å². The Morgan fingerprint density at radius 1 is 1.23 bits per heavy atom. The van der Waals surface area contributed by atoms with Gasteiger partial charge in [0.2, 0.25) is 0 Å². The van der Waals surface area contributed by atoms with Crippen molar-refractivity contribution in [1.82, 2.24) is 20.4 Å². The molecule has 0 amide bonds. The normalized spacial score (nSPS) is 13.2. The molecule has 168 valence electrons. The molecule has 0 aliphatic heterocycles. The molecule has 0 aliphatic carbocycles. The molecule has 0 aliphatic rings. The third kappa shape index (κ3) is 7.67. The van der Waals surface area contributed by atoms with Crippen LogP contribution in [0.1, 0.15) is 31.4 Å². The van der Waals surface area contributed by atoms with Gasteiger partial charge in [-0.2, -0.15) is 5.10 Å². The number of rotatable bonds is 10. The van der Waals surface area contributed by atoms with Crippen LogP contribution in [0.15, 0.2) is 35.6 Å². The number of benzene rings is 1. The molecule has 1 aromatic heterocycles. The van der Waals surface area contributed by atoms with E-state index in [0.29, 0.717) is 5.96 Å². The van der Waals surface area contributed by atoms with Crippen LogP contribution in [-0.2, 0) is 19.1 Å². The summed E-state index contributed by atoms with van der Waals surface area (Å²) in [5.74, 6) is 2.16. The van der Waals surface area contributed by atoms with Gasteiger partial charge in [-0.3, -0.25) is 4.68 Å². The lowest BCUT2D eigenvalue weighted by Gasteiger charge is -2.20. The average molecular weight is 531 g/mol. The van der Waals surface area contributed by atoms with Crippen molar-refractivity contribution in [3.63, 3.8) is 0 Å². The number of aryl methyl sites for hydroxylation is 2. The van der Waals surface area contributed by atoms with Crippen molar-refractivity contribution < 1.29 is 14.6 Å². The number of hydrogen-bond acceptors (Lipinski definition) is 5. The van der Waals surface area contributed by atoms with Crippen molar-refractivity contribution in [3.8, 4) is 11.5 Å². The van der Waals surface area contributed by atoms with Gasteiger partial charge < -0.3 is 25.2 Å². The Bertz CT molecular complexity index is 808. The maximum absolute atomic E-state index is 10.7. The van der Waals surface area contributed by atoms with Gasteiger partial charge in [0.25, 0.3) is 0 Å². The number of nitrogens with zero attached hydrogens (tertiary/aromatic N) is 3. The van der Waals surface area contributed by atoms with Crippen molar-refractivity contribution >= 4 is 29.9 Å². The third-order valence-electron chi connectivity index (χ3n) is 4.60. The van der Waals surface area contributed by atoms with Crippen LogP contribution in [0.3, 0.4) is 0 Å². The summed E-state index contributed by atoms with van der Waals surface area (Å²) in [6, 6.07) is 5.97. The lowest BCUT2D eigenvalue weighted by molar-refractivity contribution is 0.0672. The van der Waals surface area contributed by atoms with E-state index in [9.17, 15) is 5.11 Å². The fraction of sp³-hybridized carbons (Fsp3) is 0.524. The number of nitrogens with one attached hydrogen (secondary N) is 2. The Morgan fingerprint density at radius 2 is 1.97 bits per heavy atom. The maximum atomic E-state index is 10.7. The molecule has 0 saturated carbocycles. The zero-order chi connectivity index (χ0) is 21.3. The van der Waals surface area contributed by atoms with Crippen molar-refractivity contribution in [2.24, 2.45) is 12.0 Å². The number of halogens is 1. The molecule has 9 heteroatoms. The lowest BCUT2D eigenvalue weighted by atomic mass is 10.0. The molecule has 2 aromatic rings. The van der Waals surface area contributed by atoms with Crippen LogP contribution in [0.2, 0.25) is 0 Å². The van der Waals surface area contributed by atoms with Crippen LogP contribution in [0.4, 0.5) is 0 Å². The maximum Gasteiger partial charge on any atom is 0.191 e. The van der Waals surface area contributed by atoms with Crippen LogP contribution in [0.5, 0.6) is 11.5 Å². The van der Waals surface area contributed by atoms with Gasteiger partial charge in [0.1, 0.15) is 5.60 Å². The molecule has 1 unspecified atom stereocenters. The van der Waals surface area contributed by atoms with Crippen molar-refractivity contribution in [2.75, 3.05) is 33.9 Å². The summed E-state index contributed by atoms with van der Waals surface area (Å²) < 4.78 is 12.3. The molecule has 0 fully saturated rings. The first-order valence-corrected chi connectivity index (χ1v) is 9.84. The first-order chi connectivity index (χ1) is 13.9. The molecule has 1 heterocycles. The predicted octanol–water partition coefficient (Wildman–Crippen LogP) is 2.45. The summed E-state index contributed by atoms with van der Waals surface area (Å²) >= 11 is 0. The third-order valence-corrected chi connectivity index (χ3v) is 4.60. The van der Waals surface area contributed by atoms with E-state index in [2.05, 4.69) is 20.7 Å². The van der Waals surface area contributed by atoms with Gasteiger partial charge in [0, 0.05) is 31.9 Å². The SMILES string of the molecule is CCNC(=NCC(C)(O)c1cnn(C)c1)NCCCc1ccc(OC)c(OC)c1.I. The zero-order valence-corrected chi connectivity index (χ0v) is 20.8. The van der Waals surface area contributed by atoms with Crippen LogP contribution in [0.25, 0.3) is 0 Å². The minimum atomic E-state index is -1.07. The summed E-state index contributed by atoms with van der Waals surface area (Å²) in [7, 11) is 5.10. The van der Waals surface area contributed by atoms with E-state index in [0.717, 1.165) is 43.0 Å². The molecule has 0 spiro atoms. The quantitative estimate of drug-likeness (QED) is 0.189. The Morgan fingerprint density at radius 3 is 2.57 bits per heavy atom. The highest BCUT2D eigenvalue weighted by Gasteiger charge is 2.24. The second-order valence-electron chi connectivity index (χ2n) is 7.09. The Balaban J connectivity index is 0.00000450. The van der Waals surface area contributed by atoms with Gasteiger partial charge >= 0.3 is 0 Å². The number of aliphatic imine (C=N–C) groups is 1. The topological polar surface area (TPSA) is 92.9 Å². The van der Waals surface area contributed by atoms with Crippen molar-refractivity contribution in [1.29, 1.82) is 0 Å². The standard InChI is InChI=1S/C21H33N5O3.HI/c1-6-22-20(24-15-21(2,27)17-13-25-26(3)14-17)23-11-7-8-16-9-10-18(28-4)19(12-16)29-5;/h9-10,12-14,27H,6-8,11,15H2,1-5H3,(H2,22,23,24);1H. The van der Waals surface area contributed by atoms with E-state index >= 15 is 0 Å². The van der Waals surface area contributed by atoms with E-state index in [1.807, 2.05) is 32.2 Å². The molecular weight excluding hydrogens is 497 g/mol. The fourth-order valence-corrected chi connectivity index (χ4v) is 2.90. The largest absolute Gasteiger partial charge is 0.493 e. The van der Waals surface area contributed by atoms with Crippen molar-refractivity contribution in [2.45, 2.75) is 32.3 Å². The highest BCUT2D eigenvalue weighted by Crippen LogP contribution is 2.27. The summed E-state index contributed by atoms with van der Waals surface area (Å²) in [6.07, 6.45) is 5.30. The number of hydrogen-bond donors (Lipinski definition) is 3. The minimum absolute atomic E-state index is 0. The van der Waals surface area contributed by atoms with Gasteiger partial charge in [-0.05, 0) is 44.4 Å². The van der Waals surface area contributed by atoms with Gasteiger partial charge in [-0.25, -0.2) is 4.99 Å². The van der Waals surface area contributed by atoms with Gasteiger partial charge in [0.05, 0.1) is 27.0 Å². The predicted molar refractivity (Wildman–Crippen MR) is 130 cm³/mol. The van der Waals surface area contributed by atoms with E-state index in [1.165, 1.54) is 5.56 Å².